The maximum absolute atomic E-state index is 3.50. The first-order valence-electron chi connectivity index (χ1n) is 7.05. The Morgan fingerprint density at radius 2 is 1.94 bits per heavy atom. The van der Waals surface area contributed by atoms with Crippen LogP contribution in [-0.4, -0.2) is 39.3 Å². The first-order chi connectivity index (χ1) is 8.77. The summed E-state index contributed by atoms with van der Waals surface area (Å²) in [4.78, 5) is 5.01. The topological polar surface area (TPSA) is 18.5 Å². The molecule has 0 aromatic heterocycles. The highest BCUT2D eigenvalue weighted by Crippen LogP contribution is 2.35. The van der Waals surface area contributed by atoms with E-state index in [-0.39, 0.29) is 0 Å². The monoisotopic (exact) mass is 245 g/mol. The van der Waals surface area contributed by atoms with Gasteiger partial charge in [-0.2, -0.15) is 0 Å². The number of piperidine rings is 1. The van der Waals surface area contributed by atoms with Gasteiger partial charge in [-0.05, 0) is 37.6 Å². The Balaban J connectivity index is 1.91. The summed E-state index contributed by atoms with van der Waals surface area (Å²) in [5.41, 5.74) is 2.81. The Morgan fingerprint density at radius 3 is 2.72 bits per heavy atom. The second kappa shape index (κ2) is 4.81. The fourth-order valence-electron chi connectivity index (χ4n) is 3.34. The number of fused-ring (bicyclic) bond motifs is 1. The normalized spacial score (nSPS) is 28.1. The number of nitrogens with one attached hydrogen (secondary N) is 1. The minimum absolute atomic E-state index is 0.695. The molecule has 0 spiro atoms. The van der Waals surface area contributed by atoms with E-state index in [0.717, 1.165) is 32.1 Å². The molecule has 2 aliphatic heterocycles. The van der Waals surface area contributed by atoms with Gasteiger partial charge in [0.2, 0.25) is 0 Å². The number of nitrogens with zero attached hydrogens (tertiary/aromatic N) is 2. The van der Waals surface area contributed by atoms with Gasteiger partial charge in [0.1, 0.15) is 0 Å². The molecule has 0 bridgehead atoms. The van der Waals surface area contributed by atoms with E-state index in [1.807, 2.05) is 0 Å². The smallest absolute Gasteiger partial charge is 0.0607 e. The van der Waals surface area contributed by atoms with E-state index in [2.05, 4.69) is 53.4 Å². The molecule has 2 unspecified atom stereocenters. The van der Waals surface area contributed by atoms with Crippen LogP contribution in [0.15, 0.2) is 24.3 Å². The number of hydrogen-bond acceptors (Lipinski definition) is 3. The lowest BCUT2D eigenvalue weighted by Gasteiger charge is -2.45. The van der Waals surface area contributed by atoms with Gasteiger partial charge in [0, 0.05) is 26.2 Å². The summed E-state index contributed by atoms with van der Waals surface area (Å²) in [5, 5.41) is 3.50. The van der Waals surface area contributed by atoms with Crippen molar-refractivity contribution in [3.05, 3.63) is 24.3 Å². The first kappa shape index (κ1) is 11.8. The van der Waals surface area contributed by atoms with Crippen molar-refractivity contribution in [2.24, 2.45) is 5.92 Å². The molecule has 3 heteroatoms. The van der Waals surface area contributed by atoms with Crippen molar-refractivity contribution < 1.29 is 0 Å². The molecule has 98 valence electrons. The maximum Gasteiger partial charge on any atom is 0.0607 e. The molecule has 18 heavy (non-hydrogen) atoms. The molecule has 1 saturated heterocycles. The Bertz CT molecular complexity index is 418. The molecule has 0 amide bonds. The molecule has 0 radical (unpaired) electrons. The summed E-state index contributed by atoms with van der Waals surface area (Å²) in [6.45, 7) is 6.97. The van der Waals surface area contributed by atoms with E-state index in [1.54, 1.807) is 0 Å². The van der Waals surface area contributed by atoms with Crippen molar-refractivity contribution in [3.63, 3.8) is 0 Å². The summed E-state index contributed by atoms with van der Waals surface area (Å²) in [6.07, 6.45) is 1.26. The van der Waals surface area contributed by atoms with Crippen LogP contribution in [0.25, 0.3) is 0 Å². The highest BCUT2D eigenvalue weighted by molar-refractivity contribution is 5.73. The third kappa shape index (κ3) is 1.97. The number of likely N-dealkylation sites (N-methyl/N-ethyl adjacent to an activating group) is 1. The predicted molar refractivity (Wildman–Crippen MR) is 77.5 cm³/mol. The van der Waals surface area contributed by atoms with Gasteiger partial charge in [-0.3, -0.25) is 0 Å². The van der Waals surface area contributed by atoms with Gasteiger partial charge in [0.05, 0.1) is 11.4 Å². The molecule has 2 heterocycles. The molecule has 1 fully saturated rings. The van der Waals surface area contributed by atoms with Gasteiger partial charge in [0.25, 0.3) is 0 Å². The van der Waals surface area contributed by atoms with Crippen LogP contribution < -0.4 is 15.1 Å². The zero-order valence-corrected chi connectivity index (χ0v) is 11.4. The Kier molecular flexibility index (Phi) is 3.16. The zero-order chi connectivity index (χ0) is 12.5. The van der Waals surface area contributed by atoms with Crippen molar-refractivity contribution in [3.8, 4) is 0 Å². The van der Waals surface area contributed by atoms with E-state index in [1.165, 1.54) is 17.8 Å². The standard InChI is InChI=1S/C15H23N3/c1-12-11-16-8-7-13(12)18-10-9-17(2)14-5-3-4-6-15(14)18/h3-6,12-13,16H,7-11H2,1-2H3. The van der Waals surface area contributed by atoms with E-state index in [9.17, 15) is 0 Å². The van der Waals surface area contributed by atoms with E-state index in [4.69, 9.17) is 0 Å². The molecular formula is C15H23N3. The molecular weight excluding hydrogens is 222 g/mol. The van der Waals surface area contributed by atoms with Gasteiger partial charge in [-0.25, -0.2) is 0 Å². The molecule has 1 aromatic carbocycles. The molecule has 2 aliphatic rings. The number of anilines is 2. The fraction of sp³-hybridized carbons (Fsp3) is 0.600. The van der Waals surface area contributed by atoms with Crippen LogP contribution in [0.1, 0.15) is 13.3 Å². The van der Waals surface area contributed by atoms with Crippen LogP contribution in [0.2, 0.25) is 0 Å². The lowest BCUT2D eigenvalue weighted by atomic mass is 9.92. The number of benzene rings is 1. The lowest BCUT2D eigenvalue weighted by molar-refractivity contribution is 0.329. The SMILES string of the molecule is CC1CNCCC1N1CCN(C)c2ccccc21. The van der Waals surface area contributed by atoms with Crippen molar-refractivity contribution in [2.75, 3.05) is 43.0 Å². The van der Waals surface area contributed by atoms with E-state index < -0.39 is 0 Å². The molecule has 2 atom stereocenters. The van der Waals surface area contributed by atoms with Crippen molar-refractivity contribution in [1.82, 2.24) is 5.32 Å². The highest BCUT2D eigenvalue weighted by atomic mass is 15.3. The zero-order valence-electron chi connectivity index (χ0n) is 11.4. The summed E-state index contributed by atoms with van der Waals surface area (Å²) >= 11 is 0. The van der Waals surface area contributed by atoms with Crippen LogP contribution >= 0.6 is 0 Å². The third-order valence-corrected chi connectivity index (χ3v) is 4.42. The first-order valence-corrected chi connectivity index (χ1v) is 7.05. The average Bonchev–Trinajstić information content (AvgIpc) is 2.41. The van der Waals surface area contributed by atoms with Gasteiger partial charge in [-0.1, -0.05) is 19.1 Å². The van der Waals surface area contributed by atoms with Gasteiger partial charge in [0.15, 0.2) is 0 Å². The van der Waals surface area contributed by atoms with Crippen LogP contribution in [0.4, 0.5) is 11.4 Å². The largest absolute Gasteiger partial charge is 0.371 e. The molecule has 3 nitrogen and oxygen atoms in total. The van der Waals surface area contributed by atoms with Crippen LogP contribution in [0.3, 0.4) is 0 Å². The minimum atomic E-state index is 0.695. The molecule has 1 aromatic rings. The van der Waals surface area contributed by atoms with Crippen molar-refractivity contribution in [2.45, 2.75) is 19.4 Å². The van der Waals surface area contributed by atoms with Gasteiger partial charge >= 0.3 is 0 Å². The number of rotatable bonds is 1. The summed E-state index contributed by atoms with van der Waals surface area (Å²) in [5.74, 6) is 0.732. The Morgan fingerprint density at radius 1 is 1.17 bits per heavy atom. The Labute approximate surface area is 110 Å². The van der Waals surface area contributed by atoms with E-state index >= 15 is 0 Å². The second-order valence-corrected chi connectivity index (χ2v) is 5.64. The maximum atomic E-state index is 3.50. The van der Waals surface area contributed by atoms with Crippen LogP contribution in [0.5, 0.6) is 0 Å². The molecule has 1 N–H and O–H groups in total. The molecule has 0 saturated carbocycles. The number of para-hydroxylation sites is 2. The average molecular weight is 245 g/mol. The molecule has 3 rings (SSSR count). The minimum Gasteiger partial charge on any atom is -0.371 e. The van der Waals surface area contributed by atoms with E-state index in [0.29, 0.717) is 6.04 Å². The second-order valence-electron chi connectivity index (χ2n) is 5.64. The van der Waals surface area contributed by atoms with Crippen molar-refractivity contribution >= 4 is 11.4 Å². The summed E-state index contributed by atoms with van der Waals surface area (Å²) in [6, 6.07) is 9.52. The summed E-state index contributed by atoms with van der Waals surface area (Å²) in [7, 11) is 2.20. The predicted octanol–water partition coefficient (Wildman–Crippen LogP) is 1.94. The lowest BCUT2D eigenvalue weighted by Crippen LogP contribution is -2.52. The Hall–Kier alpha value is -1.22. The van der Waals surface area contributed by atoms with Gasteiger partial charge < -0.3 is 15.1 Å². The summed E-state index contributed by atoms with van der Waals surface area (Å²) < 4.78 is 0. The number of hydrogen-bond donors (Lipinski definition) is 1. The van der Waals surface area contributed by atoms with Crippen molar-refractivity contribution in [1.29, 1.82) is 0 Å². The highest BCUT2D eigenvalue weighted by Gasteiger charge is 2.30. The van der Waals surface area contributed by atoms with Crippen LogP contribution in [-0.2, 0) is 0 Å². The molecule has 0 aliphatic carbocycles. The third-order valence-electron chi connectivity index (χ3n) is 4.42. The fourth-order valence-corrected chi connectivity index (χ4v) is 3.34. The van der Waals surface area contributed by atoms with Gasteiger partial charge in [-0.15, -0.1) is 0 Å². The quantitative estimate of drug-likeness (QED) is 0.816. The van der Waals surface area contributed by atoms with Crippen LogP contribution in [0, 0.1) is 5.92 Å².